The molecule has 0 N–H and O–H groups in total. The molecule has 1 heterocycles. The molecular weight excluding hydrogens is 130 g/mol. The number of nitrogens with zero attached hydrogens (tertiary/aromatic N) is 1. The fraction of sp³-hybridized carbons (Fsp3) is 0.714. The Hall–Kier alpha value is -0.880. The van der Waals surface area contributed by atoms with Gasteiger partial charge in [-0.2, -0.15) is 5.26 Å². The molecule has 0 aliphatic carbocycles. The van der Waals surface area contributed by atoms with Crippen molar-refractivity contribution in [1.29, 1.82) is 5.26 Å². The molecule has 10 heavy (non-hydrogen) atoms. The van der Waals surface area contributed by atoms with E-state index in [1.54, 1.807) is 6.07 Å². The highest BCUT2D eigenvalue weighted by Gasteiger charge is 2.18. The monoisotopic (exact) mass is 139 g/mol. The lowest BCUT2D eigenvalue weighted by Gasteiger charge is -2.02. The van der Waals surface area contributed by atoms with Crippen LogP contribution in [0.4, 0.5) is 0 Å². The number of rotatable bonds is 2. The zero-order valence-corrected chi connectivity index (χ0v) is 5.67. The van der Waals surface area contributed by atoms with Gasteiger partial charge in [0.1, 0.15) is 6.07 Å². The van der Waals surface area contributed by atoms with Crippen LogP contribution < -0.4 is 0 Å². The normalized spacial score (nSPS) is 24.1. The molecule has 0 bridgehead atoms. The molecule has 3 nitrogen and oxygen atoms in total. The topological polar surface area (TPSA) is 50.1 Å². The van der Waals surface area contributed by atoms with Crippen LogP contribution in [0.5, 0.6) is 0 Å². The minimum atomic E-state index is -0.369. The Morgan fingerprint density at radius 2 is 2.60 bits per heavy atom. The molecule has 1 rings (SSSR count). The number of carbonyl (C=O) groups is 1. The van der Waals surface area contributed by atoms with Gasteiger partial charge in [-0.3, -0.25) is 4.79 Å². The summed E-state index contributed by atoms with van der Waals surface area (Å²) >= 11 is 0. The van der Waals surface area contributed by atoms with Crippen molar-refractivity contribution >= 4 is 5.78 Å². The van der Waals surface area contributed by atoms with Crippen molar-refractivity contribution in [2.75, 3.05) is 6.61 Å². The van der Waals surface area contributed by atoms with E-state index >= 15 is 0 Å². The third kappa shape index (κ3) is 1.82. The van der Waals surface area contributed by atoms with Crippen LogP contribution in [0.3, 0.4) is 0 Å². The number of carbonyl (C=O) groups excluding carboxylic acids is 1. The first-order valence-corrected chi connectivity index (χ1v) is 3.37. The summed E-state index contributed by atoms with van der Waals surface area (Å²) in [6.07, 6.45) is 2.24. The van der Waals surface area contributed by atoms with Gasteiger partial charge in [0.2, 0.25) is 5.78 Å². The number of hydrogen-bond acceptors (Lipinski definition) is 3. The van der Waals surface area contributed by atoms with Crippen LogP contribution in [0.2, 0.25) is 0 Å². The second-order valence-electron chi connectivity index (χ2n) is 2.37. The van der Waals surface area contributed by atoms with Crippen molar-refractivity contribution in [3.05, 3.63) is 0 Å². The van der Waals surface area contributed by atoms with Gasteiger partial charge in [-0.15, -0.1) is 0 Å². The predicted octanol–water partition coefficient (Wildman–Crippen LogP) is 0.648. The van der Waals surface area contributed by atoms with E-state index in [0.29, 0.717) is 0 Å². The fourth-order valence-corrected chi connectivity index (χ4v) is 1.06. The summed E-state index contributed by atoms with van der Waals surface area (Å²) in [5.41, 5.74) is 0. The van der Waals surface area contributed by atoms with E-state index in [1.807, 2.05) is 0 Å². The van der Waals surface area contributed by atoms with E-state index in [4.69, 9.17) is 10.00 Å². The SMILES string of the molecule is N#CC(=O)CC1CCCO1. The van der Waals surface area contributed by atoms with Crippen LogP contribution in [0.25, 0.3) is 0 Å². The number of ether oxygens (including phenoxy) is 1. The molecule has 0 saturated carbocycles. The summed E-state index contributed by atoms with van der Waals surface area (Å²) in [5.74, 6) is -0.369. The largest absolute Gasteiger partial charge is 0.378 e. The highest BCUT2D eigenvalue weighted by molar-refractivity contribution is 5.93. The number of ketones is 1. The molecule has 3 heteroatoms. The van der Waals surface area contributed by atoms with Gasteiger partial charge in [-0.1, -0.05) is 0 Å². The Morgan fingerprint density at radius 3 is 3.10 bits per heavy atom. The molecule has 0 amide bonds. The van der Waals surface area contributed by atoms with Crippen molar-refractivity contribution in [2.24, 2.45) is 0 Å². The van der Waals surface area contributed by atoms with Gasteiger partial charge in [-0.05, 0) is 12.8 Å². The van der Waals surface area contributed by atoms with Gasteiger partial charge < -0.3 is 4.74 Å². The summed E-state index contributed by atoms with van der Waals surface area (Å²) in [6.45, 7) is 0.739. The molecule has 1 aliphatic rings. The average molecular weight is 139 g/mol. The average Bonchev–Trinajstić information content (AvgIpc) is 2.40. The maximum Gasteiger partial charge on any atom is 0.234 e. The molecule has 1 fully saturated rings. The van der Waals surface area contributed by atoms with Crippen LogP contribution in [0, 0.1) is 11.3 Å². The Balaban J connectivity index is 2.25. The number of nitriles is 1. The van der Waals surface area contributed by atoms with Crippen molar-refractivity contribution in [2.45, 2.75) is 25.4 Å². The molecular formula is C7H9NO2. The summed E-state index contributed by atoms with van der Waals surface area (Å²) in [5, 5.41) is 8.14. The van der Waals surface area contributed by atoms with E-state index in [9.17, 15) is 4.79 Å². The Labute approximate surface area is 59.6 Å². The molecule has 0 aromatic rings. The lowest BCUT2D eigenvalue weighted by molar-refractivity contribution is -0.116. The van der Waals surface area contributed by atoms with Crippen molar-refractivity contribution in [3.63, 3.8) is 0 Å². The Bertz CT molecular complexity index is 165. The molecule has 1 saturated heterocycles. The first-order chi connectivity index (χ1) is 4.83. The summed E-state index contributed by atoms with van der Waals surface area (Å²) < 4.78 is 5.15. The summed E-state index contributed by atoms with van der Waals surface area (Å²) in [6, 6.07) is 1.57. The molecule has 1 aliphatic heterocycles. The van der Waals surface area contributed by atoms with Crippen LogP contribution in [-0.2, 0) is 9.53 Å². The van der Waals surface area contributed by atoms with E-state index < -0.39 is 0 Å². The highest BCUT2D eigenvalue weighted by atomic mass is 16.5. The van der Waals surface area contributed by atoms with Gasteiger partial charge >= 0.3 is 0 Å². The van der Waals surface area contributed by atoms with Crippen LogP contribution in [-0.4, -0.2) is 18.5 Å². The van der Waals surface area contributed by atoms with E-state index in [1.165, 1.54) is 0 Å². The molecule has 1 unspecified atom stereocenters. The first-order valence-electron chi connectivity index (χ1n) is 3.37. The maximum absolute atomic E-state index is 10.5. The molecule has 0 radical (unpaired) electrons. The Kier molecular flexibility index (Phi) is 2.41. The van der Waals surface area contributed by atoms with E-state index in [0.717, 1.165) is 19.4 Å². The van der Waals surface area contributed by atoms with Gasteiger partial charge in [0.25, 0.3) is 0 Å². The second-order valence-corrected chi connectivity index (χ2v) is 2.37. The zero-order chi connectivity index (χ0) is 7.40. The lowest BCUT2D eigenvalue weighted by atomic mass is 10.1. The molecule has 54 valence electrons. The van der Waals surface area contributed by atoms with E-state index in [2.05, 4.69) is 0 Å². The quantitative estimate of drug-likeness (QED) is 0.528. The van der Waals surface area contributed by atoms with Crippen molar-refractivity contribution < 1.29 is 9.53 Å². The second kappa shape index (κ2) is 3.33. The van der Waals surface area contributed by atoms with Crippen LogP contribution in [0.1, 0.15) is 19.3 Å². The zero-order valence-electron chi connectivity index (χ0n) is 5.67. The molecule has 0 aromatic heterocycles. The molecule has 0 aromatic carbocycles. The smallest absolute Gasteiger partial charge is 0.234 e. The fourth-order valence-electron chi connectivity index (χ4n) is 1.06. The van der Waals surface area contributed by atoms with Crippen LogP contribution >= 0.6 is 0 Å². The van der Waals surface area contributed by atoms with Gasteiger partial charge in [0.05, 0.1) is 6.10 Å². The lowest BCUT2D eigenvalue weighted by Crippen LogP contribution is -2.10. The summed E-state index contributed by atoms with van der Waals surface area (Å²) in [4.78, 5) is 10.5. The number of Topliss-reactive ketones (excluding diaryl/α,β-unsaturated/α-hetero) is 1. The van der Waals surface area contributed by atoms with Gasteiger partial charge in [-0.25, -0.2) is 0 Å². The third-order valence-corrected chi connectivity index (χ3v) is 1.56. The third-order valence-electron chi connectivity index (χ3n) is 1.56. The summed E-state index contributed by atoms with van der Waals surface area (Å²) in [7, 11) is 0. The minimum absolute atomic E-state index is 0.0205. The molecule has 0 spiro atoms. The van der Waals surface area contributed by atoms with Gasteiger partial charge in [0.15, 0.2) is 0 Å². The first kappa shape index (κ1) is 7.23. The molecule has 1 atom stereocenters. The standard InChI is InChI=1S/C7H9NO2/c8-5-6(9)4-7-2-1-3-10-7/h7H,1-4H2. The van der Waals surface area contributed by atoms with Crippen molar-refractivity contribution in [1.82, 2.24) is 0 Å². The van der Waals surface area contributed by atoms with Gasteiger partial charge in [0, 0.05) is 13.0 Å². The number of hydrogen-bond donors (Lipinski definition) is 0. The van der Waals surface area contributed by atoms with E-state index in [-0.39, 0.29) is 18.3 Å². The van der Waals surface area contributed by atoms with Crippen molar-refractivity contribution in [3.8, 4) is 6.07 Å². The minimum Gasteiger partial charge on any atom is -0.378 e. The maximum atomic E-state index is 10.5. The van der Waals surface area contributed by atoms with Crippen LogP contribution in [0.15, 0.2) is 0 Å². The highest BCUT2D eigenvalue weighted by Crippen LogP contribution is 2.14. The predicted molar refractivity (Wildman–Crippen MR) is 34.2 cm³/mol. The Morgan fingerprint density at radius 1 is 1.80 bits per heavy atom.